The van der Waals surface area contributed by atoms with Crippen LogP contribution in [0, 0.1) is 6.92 Å². The lowest BCUT2D eigenvalue weighted by molar-refractivity contribution is 0.0953. The number of carbonyl (C=O) groups excluding carboxylic acids is 1. The Morgan fingerprint density at radius 3 is 2.87 bits per heavy atom. The fourth-order valence-electron chi connectivity index (χ4n) is 3.47. The van der Waals surface area contributed by atoms with Crippen LogP contribution in [0.4, 0.5) is 0 Å². The summed E-state index contributed by atoms with van der Waals surface area (Å²) in [6, 6.07) is 15.1. The minimum Gasteiger partial charge on any atom is -0.454 e. The van der Waals surface area contributed by atoms with Gasteiger partial charge in [0.05, 0.1) is 23.3 Å². The first-order valence-corrected chi connectivity index (χ1v) is 10.7. The molecule has 0 aliphatic carbocycles. The molecule has 5 nitrogen and oxygen atoms in total. The lowest BCUT2D eigenvalue weighted by atomic mass is 10.0. The highest BCUT2D eigenvalue weighted by Crippen LogP contribution is 2.37. The lowest BCUT2D eigenvalue weighted by Gasteiger charge is -2.13. The predicted molar refractivity (Wildman–Crippen MR) is 119 cm³/mol. The highest BCUT2D eigenvalue weighted by Gasteiger charge is 2.19. The number of fused-ring (bicyclic) bond motifs is 2. The Balaban J connectivity index is 1.61. The number of thiophene rings is 1. The second kappa shape index (κ2) is 7.63. The van der Waals surface area contributed by atoms with Gasteiger partial charge >= 0.3 is 0 Å². The number of nitrogens with zero attached hydrogens (tertiary/aromatic N) is 1. The summed E-state index contributed by atoms with van der Waals surface area (Å²) in [6.07, 6.45) is 0. The zero-order valence-corrected chi connectivity index (χ0v) is 17.6. The van der Waals surface area contributed by atoms with Crippen LogP contribution in [0.1, 0.15) is 20.8 Å². The third-order valence-electron chi connectivity index (χ3n) is 5.08. The maximum Gasteiger partial charge on any atom is 0.252 e. The first kappa shape index (κ1) is 18.9. The van der Waals surface area contributed by atoms with E-state index in [9.17, 15) is 4.79 Å². The zero-order valence-electron chi connectivity index (χ0n) is 16.1. The fourth-order valence-corrected chi connectivity index (χ4v) is 4.27. The molecule has 0 saturated heterocycles. The summed E-state index contributed by atoms with van der Waals surface area (Å²) in [4.78, 5) is 19.0. The summed E-state index contributed by atoms with van der Waals surface area (Å²) in [5.41, 5.74) is 3.62. The third-order valence-corrected chi connectivity index (χ3v) is 6.37. The highest BCUT2D eigenvalue weighted by atomic mass is 35.5. The van der Waals surface area contributed by atoms with Crippen LogP contribution in [-0.4, -0.2) is 17.7 Å². The Kier molecular flexibility index (Phi) is 4.81. The number of nitrogens with one attached hydrogen (secondary N) is 1. The van der Waals surface area contributed by atoms with Gasteiger partial charge in [0.2, 0.25) is 6.79 Å². The molecule has 0 unspecified atom stereocenters. The van der Waals surface area contributed by atoms with Crippen LogP contribution in [-0.2, 0) is 6.54 Å². The second-order valence-electron chi connectivity index (χ2n) is 6.95. The predicted octanol–water partition coefficient (Wildman–Crippen LogP) is 5.58. The Morgan fingerprint density at radius 1 is 1.17 bits per heavy atom. The minimum absolute atomic E-state index is 0.153. The number of aryl methyl sites for hydroxylation is 1. The molecular formula is C23H17ClN2O3S. The second-order valence-corrected chi connectivity index (χ2v) is 8.39. The molecule has 4 aromatic rings. The Labute approximate surface area is 182 Å². The Morgan fingerprint density at radius 2 is 2.03 bits per heavy atom. The van der Waals surface area contributed by atoms with Crippen LogP contribution in [0.5, 0.6) is 11.5 Å². The summed E-state index contributed by atoms with van der Waals surface area (Å²) in [6.45, 7) is 2.59. The van der Waals surface area contributed by atoms with E-state index in [1.54, 1.807) is 17.4 Å². The molecule has 7 heteroatoms. The number of hydrogen-bond donors (Lipinski definition) is 1. The van der Waals surface area contributed by atoms with Gasteiger partial charge in [0, 0.05) is 20.8 Å². The van der Waals surface area contributed by atoms with Crippen LogP contribution in [0.3, 0.4) is 0 Å². The molecule has 0 radical (unpaired) electrons. The average Bonchev–Trinajstić information content (AvgIpc) is 3.45. The van der Waals surface area contributed by atoms with Crippen molar-refractivity contribution >= 4 is 39.7 Å². The van der Waals surface area contributed by atoms with Gasteiger partial charge in [0.1, 0.15) is 0 Å². The summed E-state index contributed by atoms with van der Waals surface area (Å²) in [5.74, 6) is 1.22. The number of carbonyl (C=O) groups is 1. The minimum atomic E-state index is -0.153. The molecule has 30 heavy (non-hydrogen) atoms. The van der Waals surface area contributed by atoms with E-state index in [0.29, 0.717) is 39.8 Å². The van der Waals surface area contributed by atoms with Gasteiger partial charge in [-0.1, -0.05) is 23.7 Å². The molecule has 0 spiro atoms. The number of amides is 1. The normalized spacial score (nSPS) is 12.3. The van der Waals surface area contributed by atoms with E-state index in [4.69, 9.17) is 26.1 Å². The molecule has 5 rings (SSSR count). The summed E-state index contributed by atoms with van der Waals surface area (Å²) in [7, 11) is 0. The van der Waals surface area contributed by atoms with Crippen molar-refractivity contribution in [2.75, 3.05) is 6.79 Å². The molecule has 1 aliphatic heterocycles. The number of pyridine rings is 1. The number of rotatable bonds is 4. The quantitative estimate of drug-likeness (QED) is 0.453. The van der Waals surface area contributed by atoms with Crippen molar-refractivity contribution in [3.05, 3.63) is 74.9 Å². The van der Waals surface area contributed by atoms with Crippen molar-refractivity contribution in [2.24, 2.45) is 0 Å². The van der Waals surface area contributed by atoms with Gasteiger partial charge in [0.25, 0.3) is 5.91 Å². The van der Waals surface area contributed by atoms with E-state index < -0.39 is 0 Å². The van der Waals surface area contributed by atoms with Crippen LogP contribution < -0.4 is 14.8 Å². The molecule has 0 fully saturated rings. The summed E-state index contributed by atoms with van der Waals surface area (Å²) < 4.78 is 10.9. The number of aromatic nitrogens is 1. The van der Waals surface area contributed by atoms with E-state index in [0.717, 1.165) is 21.4 Å². The number of halogens is 1. The first-order valence-electron chi connectivity index (χ1n) is 9.40. The maximum atomic E-state index is 13.1. The molecule has 0 bridgehead atoms. The van der Waals surface area contributed by atoms with Crippen LogP contribution in [0.15, 0.2) is 53.9 Å². The largest absolute Gasteiger partial charge is 0.454 e. The Bertz CT molecular complexity index is 1270. The molecular weight excluding hydrogens is 420 g/mol. The molecule has 0 atom stereocenters. The van der Waals surface area contributed by atoms with Gasteiger partial charge in [-0.2, -0.15) is 0 Å². The summed E-state index contributed by atoms with van der Waals surface area (Å²) in [5, 5.41) is 6.39. The van der Waals surface area contributed by atoms with E-state index in [1.165, 1.54) is 0 Å². The standard InChI is InChI=1S/C23H17ClN2O3S/c1-13-18(24)6-5-16-17(23(27)25-11-15-3-2-8-30-15)10-19(26-22(13)16)14-4-7-20-21(9-14)29-12-28-20/h2-10H,11-12H2,1H3,(H,25,27). The third kappa shape index (κ3) is 3.38. The van der Waals surface area contributed by atoms with E-state index >= 15 is 0 Å². The van der Waals surface area contributed by atoms with E-state index in [2.05, 4.69) is 5.32 Å². The molecule has 1 amide bonds. The monoisotopic (exact) mass is 436 g/mol. The molecule has 150 valence electrons. The smallest absolute Gasteiger partial charge is 0.252 e. The van der Waals surface area contributed by atoms with Crippen LogP contribution >= 0.6 is 22.9 Å². The topological polar surface area (TPSA) is 60.5 Å². The van der Waals surface area contributed by atoms with Crippen molar-refractivity contribution < 1.29 is 14.3 Å². The van der Waals surface area contributed by atoms with Crippen LogP contribution in [0.25, 0.3) is 22.2 Å². The molecule has 0 saturated carbocycles. The molecule has 3 heterocycles. The lowest BCUT2D eigenvalue weighted by Crippen LogP contribution is -2.23. The van der Waals surface area contributed by atoms with E-state index in [1.807, 2.05) is 54.8 Å². The van der Waals surface area contributed by atoms with Gasteiger partial charge in [-0.05, 0) is 54.3 Å². The average molecular weight is 437 g/mol. The maximum absolute atomic E-state index is 13.1. The number of benzene rings is 2. The number of hydrogen-bond acceptors (Lipinski definition) is 5. The summed E-state index contributed by atoms with van der Waals surface area (Å²) >= 11 is 7.96. The molecule has 2 aromatic heterocycles. The van der Waals surface area contributed by atoms with Crippen molar-refractivity contribution in [1.29, 1.82) is 0 Å². The highest BCUT2D eigenvalue weighted by molar-refractivity contribution is 7.09. The fraction of sp³-hybridized carbons (Fsp3) is 0.130. The first-order chi connectivity index (χ1) is 14.6. The Hall–Kier alpha value is -3.09. The van der Waals surface area contributed by atoms with Crippen molar-refractivity contribution in [3.63, 3.8) is 0 Å². The van der Waals surface area contributed by atoms with Crippen molar-refractivity contribution in [2.45, 2.75) is 13.5 Å². The van der Waals surface area contributed by atoms with E-state index in [-0.39, 0.29) is 12.7 Å². The molecule has 1 N–H and O–H groups in total. The van der Waals surface area contributed by atoms with Crippen molar-refractivity contribution in [3.8, 4) is 22.8 Å². The van der Waals surface area contributed by atoms with Gasteiger partial charge in [-0.15, -0.1) is 11.3 Å². The van der Waals surface area contributed by atoms with Gasteiger partial charge < -0.3 is 14.8 Å². The molecule has 2 aromatic carbocycles. The SMILES string of the molecule is Cc1c(Cl)ccc2c(C(=O)NCc3cccs3)cc(-c3ccc4c(c3)OCO4)nc12. The zero-order chi connectivity index (χ0) is 20.7. The van der Waals surface area contributed by atoms with Crippen molar-refractivity contribution in [1.82, 2.24) is 10.3 Å². The van der Waals surface area contributed by atoms with Gasteiger partial charge in [-0.3, -0.25) is 4.79 Å². The van der Waals surface area contributed by atoms with Gasteiger partial charge in [-0.25, -0.2) is 4.98 Å². The molecule has 1 aliphatic rings. The number of ether oxygens (including phenoxy) is 2. The van der Waals surface area contributed by atoms with Crippen LogP contribution in [0.2, 0.25) is 5.02 Å². The van der Waals surface area contributed by atoms with Gasteiger partial charge in [0.15, 0.2) is 11.5 Å².